The van der Waals surface area contributed by atoms with Crippen molar-refractivity contribution in [2.45, 2.75) is 57.5 Å². The molecule has 1 saturated heterocycles. The maximum Gasteiger partial charge on any atom is 0.223 e. The van der Waals surface area contributed by atoms with Gasteiger partial charge in [0.1, 0.15) is 18.3 Å². The molecular formula is C16H26N2O5. The van der Waals surface area contributed by atoms with Crippen LogP contribution in [-0.4, -0.2) is 59.5 Å². The van der Waals surface area contributed by atoms with Crippen LogP contribution in [0.1, 0.15) is 33.1 Å². The second kappa shape index (κ2) is 9.50. The molecule has 0 aliphatic carbocycles. The number of aliphatic hydroxyl groups excluding tert-OH is 2. The van der Waals surface area contributed by atoms with Gasteiger partial charge < -0.3 is 25.6 Å². The SMILES string of the molecule is C#CCNC(=O)CC1OC(CNC(=O)C(CC)CC)C(O)C1O. The van der Waals surface area contributed by atoms with Crippen molar-refractivity contribution in [3.8, 4) is 12.3 Å². The molecule has 0 aromatic rings. The zero-order valence-corrected chi connectivity index (χ0v) is 13.6. The molecule has 1 aliphatic heterocycles. The molecule has 0 spiro atoms. The minimum Gasteiger partial charge on any atom is -0.388 e. The van der Waals surface area contributed by atoms with Gasteiger partial charge in [-0.3, -0.25) is 9.59 Å². The Hall–Kier alpha value is -1.62. The van der Waals surface area contributed by atoms with Crippen molar-refractivity contribution < 1.29 is 24.5 Å². The van der Waals surface area contributed by atoms with Crippen molar-refractivity contribution in [3.05, 3.63) is 0 Å². The highest BCUT2D eigenvalue weighted by Gasteiger charge is 2.43. The van der Waals surface area contributed by atoms with Gasteiger partial charge in [-0.1, -0.05) is 19.8 Å². The van der Waals surface area contributed by atoms with E-state index in [1.807, 2.05) is 13.8 Å². The average molecular weight is 326 g/mol. The fourth-order valence-electron chi connectivity index (χ4n) is 2.57. The average Bonchev–Trinajstić information content (AvgIpc) is 2.80. The largest absolute Gasteiger partial charge is 0.388 e. The standard InChI is InChI=1S/C16H26N2O5/c1-4-7-17-13(19)8-11-14(20)15(21)12(23-11)9-18-16(22)10(5-2)6-3/h1,10-12,14-15,20-21H,5-9H2,2-3H3,(H,17,19)(H,18,22). The number of rotatable bonds is 8. The van der Waals surface area contributed by atoms with Gasteiger partial charge in [0, 0.05) is 12.5 Å². The lowest BCUT2D eigenvalue weighted by atomic mass is 10.0. The molecule has 0 radical (unpaired) electrons. The van der Waals surface area contributed by atoms with Gasteiger partial charge in [-0.25, -0.2) is 0 Å². The van der Waals surface area contributed by atoms with Crippen LogP contribution in [0.5, 0.6) is 0 Å². The van der Waals surface area contributed by atoms with Crippen LogP contribution >= 0.6 is 0 Å². The zero-order valence-electron chi connectivity index (χ0n) is 13.6. The fourth-order valence-corrected chi connectivity index (χ4v) is 2.57. The number of amides is 2. The highest BCUT2D eigenvalue weighted by atomic mass is 16.5. The Balaban J connectivity index is 2.48. The molecule has 0 aromatic heterocycles. The summed E-state index contributed by atoms with van der Waals surface area (Å²) in [6.45, 7) is 4.06. The van der Waals surface area contributed by atoms with Crippen molar-refractivity contribution >= 4 is 11.8 Å². The lowest BCUT2D eigenvalue weighted by Crippen LogP contribution is -2.41. The summed E-state index contributed by atoms with van der Waals surface area (Å²) < 4.78 is 5.51. The molecule has 1 rings (SSSR count). The number of carbonyl (C=O) groups is 2. The van der Waals surface area contributed by atoms with Crippen LogP contribution < -0.4 is 10.6 Å². The van der Waals surface area contributed by atoms with E-state index >= 15 is 0 Å². The number of nitrogens with one attached hydrogen (secondary N) is 2. The summed E-state index contributed by atoms with van der Waals surface area (Å²) in [6, 6.07) is 0. The van der Waals surface area contributed by atoms with E-state index in [1.54, 1.807) is 0 Å². The molecule has 23 heavy (non-hydrogen) atoms. The van der Waals surface area contributed by atoms with Crippen molar-refractivity contribution in [1.29, 1.82) is 0 Å². The molecule has 4 unspecified atom stereocenters. The molecule has 1 fully saturated rings. The number of carbonyl (C=O) groups excluding carboxylic acids is 2. The number of aliphatic hydroxyl groups is 2. The number of hydrogen-bond donors (Lipinski definition) is 4. The number of terminal acetylenes is 1. The van der Waals surface area contributed by atoms with Gasteiger partial charge >= 0.3 is 0 Å². The van der Waals surface area contributed by atoms with Crippen LogP contribution in [0.3, 0.4) is 0 Å². The van der Waals surface area contributed by atoms with Gasteiger partial charge in [0.25, 0.3) is 0 Å². The molecule has 2 amide bonds. The Labute approximate surface area is 136 Å². The second-order valence-corrected chi connectivity index (χ2v) is 5.64. The van der Waals surface area contributed by atoms with Gasteiger partial charge in [-0.05, 0) is 12.8 Å². The highest BCUT2D eigenvalue weighted by molar-refractivity contribution is 5.78. The monoisotopic (exact) mass is 326 g/mol. The minimum atomic E-state index is -1.18. The number of ether oxygens (including phenoxy) is 1. The minimum absolute atomic E-state index is 0.0798. The lowest BCUT2D eigenvalue weighted by molar-refractivity contribution is -0.127. The van der Waals surface area contributed by atoms with Crippen molar-refractivity contribution in [3.63, 3.8) is 0 Å². The maximum atomic E-state index is 11.9. The van der Waals surface area contributed by atoms with Gasteiger partial charge in [-0.2, -0.15) is 0 Å². The highest BCUT2D eigenvalue weighted by Crippen LogP contribution is 2.23. The molecular weight excluding hydrogens is 300 g/mol. The predicted octanol–water partition coefficient (Wildman–Crippen LogP) is -0.832. The Morgan fingerprint density at radius 2 is 1.78 bits per heavy atom. The lowest BCUT2D eigenvalue weighted by Gasteiger charge is -2.18. The summed E-state index contributed by atoms with van der Waals surface area (Å²) in [6.07, 6.45) is 2.52. The zero-order chi connectivity index (χ0) is 17.4. The topological polar surface area (TPSA) is 108 Å². The van der Waals surface area contributed by atoms with Crippen molar-refractivity contribution in [1.82, 2.24) is 10.6 Å². The Morgan fingerprint density at radius 1 is 1.17 bits per heavy atom. The summed E-state index contributed by atoms with van der Waals surface area (Å²) in [5.41, 5.74) is 0. The molecule has 1 heterocycles. The van der Waals surface area contributed by atoms with E-state index in [9.17, 15) is 19.8 Å². The molecule has 1 aliphatic rings. The smallest absolute Gasteiger partial charge is 0.223 e. The molecule has 4 atom stereocenters. The first-order chi connectivity index (χ1) is 10.9. The first-order valence-electron chi connectivity index (χ1n) is 7.93. The summed E-state index contributed by atoms with van der Waals surface area (Å²) in [5.74, 6) is 1.73. The van der Waals surface area contributed by atoms with E-state index in [0.29, 0.717) is 0 Å². The molecule has 4 N–H and O–H groups in total. The predicted molar refractivity (Wildman–Crippen MR) is 84.2 cm³/mol. The Morgan fingerprint density at radius 3 is 2.35 bits per heavy atom. The quantitative estimate of drug-likeness (QED) is 0.435. The molecule has 0 bridgehead atoms. The maximum absolute atomic E-state index is 11.9. The van der Waals surface area contributed by atoms with Gasteiger partial charge in [0.15, 0.2) is 0 Å². The van der Waals surface area contributed by atoms with Crippen LogP contribution in [0.4, 0.5) is 0 Å². The second-order valence-electron chi connectivity index (χ2n) is 5.64. The van der Waals surface area contributed by atoms with Crippen molar-refractivity contribution in [2.75, 3.05) is 13.1 Å². The van der Waals surface area contributed by atoms with E-state index in [0.717, 1.165) is 12.8 Å². The van der Waals surface area contributed by atoms with Crippen LogP contribution in [0.25, 0.3) is 0 Å². The van der Waals surface area contributed by atoms with Crippen LogP contribution in [0.15, 0.2) is 0 Å². The molecule has 0 aromatic carbocycles. The fraction of sp³-hybridized carbons (Fsp3) is 0.750. The summed E-state index contributed by atoms with van der Waals surface area (Å²) in [7, 11) is 0. The van der Waals surface area contributed by atoms with E-state index in [4.69, 9.17) is 11.2 Å². The normalized spacial score (nSPS) is 26.8. The molecule has 0 saturated carbocycles. The van der Waals surface area contributed by atoms with Gasteiger partial charge in [0.05, 0.1) is 19.1 Å². The van der Waals surface area contributed by atoms with E-state index in [-0.39, 0.29) is 37.2 Å². The third kappa shape index (κ3) is 5.50. The summed E-state index contributed by atoms with van der Waals surface area (Å²) in [4.78, 5) is 23.5. The Kier molecular flexibility index (Phi) is 8.03. The first-order valence-corrected chi connectivity index (χ1v) is 7.93. The van der Waals surface area contributed by atoms with Gasteiger partial charge in [-0.15, -0.1) is 6.42 Å². The first kappa shape index (κ1) is 19.4. The third-order valence-corrected chi connectivity index (χ3v) is 4.07. The molecule has 7 heteroatoms. The Bertz CT molecular complexity index is 444. The third-order valence-electron chi connectivity index (χ3n) is 4.07. The number of hydrogen-bond acceptors (Lipinski definition) is 5. The molecule has 7 nitrogen and oxygen atoms in total. The van der Waals surface area contributed by atoms with E-state index in [2.05, 4.69) is 16.6 Å². The summed E-state index contributed by atoms with van der Waals surface area (Å²) >= 11 is 0. The summed E-state index contributed by atoms with van der Waals surface area (Å²) in [5, 5.41) is 25.1. The van der Waals surface area contributed by atoms with Crippen LogP contribution in [0.2, 0.25) is 0 Å². The molecule has 130 valence electrons. The van der Waals surface area contributed by atoms with E-state index in [1.165, 1.54) is 0 Å². The van der Waals surface area contributed by atoms with Crippen LogP contribution in [-0.2, 0) is 14.3 Å². The van der Waals surface area contributed by atoms with Crippen molar-refractivity contribution in [2.24, 2.45) is 5.92 Å². The van der Waals surface area contributed by atoms with E-state index < -0.39 is 24.4 Å². The van der Waals surface area contributed by atoms with Crippen LogP contribution in [0, 0.1) is 18.3 Å². The van der Waals surface area contributed by atoms with Gasteiger partial charge in [0.2, 0.25) is 11.8 Å².